The molecule has 1 amide bonds. The Hall–Kier alpha value is -2.44. The van der Waals surface area contributed by atoms with E-state index in [4.69, 9.17) is 0 Å². The van der Waals surface area contributed by atoms with Crippen molar-refractivity contribution in [3.8, 4) is 0 Å². The summed E-state index contributed by atoms with van der Waals surface area (Å²) in [6.07, 6.45) is 3.60. The first-order valence-electron chi connectivity index (χ1n) is 10.1. The molecule has 6 heteroatoms. The van der Waals surface area contributed by atoms with Crippen LogP contribution in [0.1, 0.15) is 46.2 Å². The quantitative estimate of drug-likeness (QED) is 0.517. The molecule has 0 unspecified atom stereocenters. The van der Waals surface area contributed by atoms with Crippen molar-refractivity contribution in [2.24, 2.45) is 0 Å². The monoisotopic (exact) mass is 382 g/mol. The lowest BCUT2D eigenvalue weighted by molar-refractivity contribution is 0.0946. The molecule has 0 atom stereocenters. The third-order valence-electron chi connectivity index (χ3n) is 5.23. The lowest BCUT2D eigenvalue weighted by atomic mass is 10.2. The van der Waals surface area contributed by atoms with Gasteiger partial charge in [0.25, 0.3) is 5.91 Å². The minimum absolute atomic E-state index is 0.0424. The molecule has 6 nitrogen and oxygen atoms in total. The maximum atomic E-state index is 12.1. The van der Waals surface area contributed by atoms with Crippen LogP contribution < -0.4 is 5.32 Å². The van der Waals surface area contributed by atoms with E-state index < -0.39 is 0 Å². The summed E-state index contributed by atoms with van der Waals surface area (Å²) in [4.78, 5) is 31.2. The van der Waals surface area contributed by atoms with Gasteiger partial charge in [-0.25, -0.2) is 0 Å². The number of piperazine rings is 1. The van der Waals surface area contributed by atoms with Crippen LogP contribution >= 0.6 is 0 Å². The fraction of sp³-hybridized carbons (Fsp3) is 0.455. The van der Waals surface area contributed by atoms with Gasteiger partial charge in [-0.3, -0.25) is 14.5 Å². The van der Waals surface area contributed by atoms with Crippen molar-refractivity contribution in [1.29, 1.82) is 0 Å². The molecule has 3 rings (SSSR count). The Labute approximate surface area is 166 Å². The second-order valence-corrected chi connectivity index (χ2v) is 7.42. The van der Waals surface area contributed by atoms with Crippen molar-refractivity contribution in [3.63, 3.8) is 0 Å². The number of nitrogens with one attached hydrogen (secondary N) is 2. The molecule has 1 aromatic heterocycles. The summed E-state index contributed by atoms with van der Waals surface area (Å²) < 4.78 is 0. The lowest BCUT2D eigenvalue weighted by Crippen LogP contribution is -2.46. The summed E-state index contributed by atoms with van der Waals surface area (Å²) in [5.41, 5.74) is 2.36. The standard InChI is InChI=1S/C22H30N4O2/c1-18(27)20-15-21(24-16-20)22(28)23-9-5-6-10-25-11-13-26(14-12-25)17-19-7-3-2-4-8-19/h2-4,7-8,15-16,24H,5-6,9-14,17H2,1H3,(H,23,28). The van der Waals surface area contributed by atoms with E-state index in [0.29, 0.717) is 17.8 Å². The number of unbranched alkanes of at least 4 members (excludes halogenated alkanes) is 1. The molecule has 150 valence electrons. The first-order chi connectivity index (χ1) is 13.6. The van der Waals surface area contributed by atoms with Crippen molar-refractivity contribution >= 4 is 11.7 Å². The van der Waals surface area contributed by atoms with Crippen molar-refractivity contribution < 1.29 is 9.59 Å². The van der Waals surface area contributed by atoms with Gasteiger partial charge in [0.15, 0.2) is 5.78 Å². The van der Waals surface area contributed by atoms with Crippen LogP contribution in [0.2, 0.25) is 0 Å². The molecule has 0 spiro atoms. The van der Waals surface area contributed by atoms with Crippen LogP contribution in [-0.2, 0) is 6.54 Å². The Bertz CT molecular complexity index is 764. The van der Waals surface area contributed by atoms with Crippen LogP contribution in [-0.4, -0.2) is 65.7 Å². The van der Waals surface area contributed by atoms with Gasteiger partial charge in [0, 0.05) is 51.0 Å². The number of aromatic amines is 1. The van der Waals surface area contributed by atoms with E-state index in [1.807, 2.05) is 0 Å². The average Bonchev–Trinajstić information content (AvgIpc) is 3.20. The first kappa shape index (κ1) is 20.3. The SMILES string of the molecule is CC(=O)c1c[nH]c(C(=O)NCCCCN2CCN(Cc3ccccc3)CC2)c1. The smallest absolute Gasteiger partial charge is 0.267 e. The molecule has 1 aliphatic rings. The molecular weight excluding hydrogens is 352 g/mol. The first-order valence-corrected chi connectivity index (χ1v) is 10.1. The van der Waals surface area contributed by atoms with Crippen LogP contribution in [0.5, 0.6) is 0 Å². The largest absolute Gasteiger partial charge is 0.356 e. The van der Waals surface area contributed by atoms with Crippen LogP contribution in [0.4, 0.5) is 0 Å². The van der Waals surface area contributed by atoms with Crippen LogP contribution in [0.25, 0.3) is 0 Å². The Balaban J connectivity index is 1.27. The Morgan fingerprint density at radius 3 is 2.43 bits per heavy atom. The normalized spacial score (nSPS) is 15.5. The number of hydrogen-bond donors (Lipinski definition) is 2. The van der Waals surface area contributed by atoms with E-state index in [1.165, 1.54) is 12.5 Å². The van der Waals surface area contributed by atoms with E-state index in [1.54, 1.807) is 12.3 Å². The second-order valence-electron chi connectivity index (χ2n) is 7.42. The molecule has 28 heavy (non-hydrogen) atoms. The molecule has 0 bridgehead atoms. The summed E-state index contributed by atoms with van der Waals surface area (Å²) in [6, 6.07) is 12.2. The molecule has 2 heterocycles. The average molecular weight is 383 g/mol. The number of nitrogens with zero attached hydrogens (tertiary/aromatic N) is 2. The van der Waals surface area contributed by atoms with Gasteiger partial charge in [0.1, 0.15) is 5.69 Å². The van der Waals surface area contributed by atoms with Crippen molar-refractivity contribution in [2.75, 3.05) is 39.3 Å². The molecule has 1 aliphatic heterocycles. The molecular formula is C22H30N4O2. The summed E-state index contributed by atoms with van der Waals surface area (Å²) >= 11 is 0. The van der Waals surface area contributed by atoms with Gasteiger partial charge in [-0.15, -0.1) is 0 Å². The van der Waals surface area contributed by atoms with Gasteiger partial charge < -0.3 is 15.2 Å². The summed E-state index contributed by atoms with van der Waals surface area (Å²) in [5, 5.41) is 2.92. The van der Waals surface area contributed by atoms with Crippen molar-refractivity contribution in [3.05, 3.63) is 59.4 Å². The predicted molar refractivity (Wildman–Crippen MR) is 111 cm³/mol. The number of rotatable bonds is 9. The lowest BCUT2D eigenvalue weighted by Gasteiger charge is -2.34. The minimum atomic E-state index is -0.151. The van der Waals surface area contributed by atoms with Crippen molar-refractivity contribution in [2.45, 2.75) is 26.3 Å². The molecule has 0 saturated carbocycles. The van der Waals surface area contributed by atoms with E-state index in [2.05, 4.69) is 50.4 Å². The molecule has 0 radical (unpaired) electrons. The maximum Gasteiger partial charge on any atom is 0.267 e. The number of H-pyrrole nitrogens is 1. The van der Waals surface area contributed by atoms with Gasteiger partial charge >= 0.3 is 0 Å². The van der Waals surface area contributed by atoms with Gasteiger partial charge in [-0.2, -0.15) is 0 Å². The molecule has 2 aromatic rings. The summed E-state index contributed by atoms with van der Waals surface area (Å²) in [7, 11) is 0. The Kier molecular flexibility index (Phi) is 7.39. The van der Waals surface area contributed by atoms with E-state index >= 15 is 0 Å². The number of carbonyl (C=O) groups is 2. The molecule has 0 aliphatic carbocycles. The van der Waals surface area contributed by atoms with Gasteiger partial charge in [0.2, 0.25) is 0 Å². The van der Waals surface area contributed by atoms with Crippen LogP contribution in [0.15, 0.2) is 42.6 Å². The van der Waals surface area contributed by atoms with Crippen LogP contribution in [0.3, 0.4) is 0 Å². The van der Waals surface area contributed by atoms with Crippen molar-refractivity contribution in [1.82, 2.24) is 20.1 Å². The van der Waals surface area contributed by atoms with Gasteiger partial charge in [-0.1, -0.05) is 30.3 Å². The summed E-state index contributed by atoms with van der Waals surface area (Å²) in [6.45, 7) is 8.68. The number of amides is 1. The fourth-order valence-corrected chi connectivity index (χ4v) is 3.50. The molecule has 1 saturated heterocycles. The fourth-order valence-electron chi connectivity index (χ4n) is 3.50. The molecule has 1 fully saturated rings. The van der Waals surface area contributed by atoms with Crippen LogP contribution in [0, 0.1) is 0 Å². The third-order valence-corrected chi connectivity index (χ3v) is 5.23. The number of aromatic nitrogens is 1. The Morgan fingerprint density at radius 2 is 1.75 bits per heavy atom. The second kappa shape index (κ2) is 10.2. The van der Waals surface area contributed by atoms with E-state index in [0.717, 1.165) is 52.1 Å². The Morgan fingerprint density at radius 1 is 1.04 bits per heavy atom. The van der Waals surface area contributed by atoms with Gasteiger partial charge in [-0.05, 0) is 37.9 Å². The number of Topliss-reactive ketones (excluding diaryl/α,β-unsaturated/α-hetero) is 1. The topological polar surface area (TPSA) is 68.4 Å². The summed E-state index contributed by atoms with van der Waals surface area (Å²) in [5.74, 6) is -0.193. The van der Waals surface area contributed by atoms with E-state index in [9.17, 15) is 9.59 Å². The minimum Gasteiger partial charge on any atom is -0.356 e. The third kappa shape index (κ3) is 6.04. The zero-order chi connectivity index (χ0) is 19.8. The molecule has 1 aromatic carbocycles. The number of hydrogen-bond acceptors (Lipinski definition) is 4. The highest BCUT2D eigenvalue weighted by Crippen LogP contribution is 2.09. The maximum absolute atomic E-state index is 12.1. The highest BCUT2D eigenvalue weighted by molar-refractivity contribution is 5.99. The molecule has 2 N–H and O–H groups in total. The number of ketones is 1. The zero-order valence-electron chi connectivity index (χ0n) is 16.6. The number of carbonyl (C=O) groups excluding carboxylic acids is 2. The highest BCUT2D eigenvalue weighted by atomic mass is 16.2. The zero-order valence-corrected chi connectivity index (χ0v) is 16.6. The van der Waals surface area contributed by atoms with E-state index in [-0.39, 0.29) is 11.7 Å². The predicted octanol–water partition coefficient (Wildman–Crippen LogP) is 2.55. The van der Waals surface area contributed by atoms with Gasteiger partial charge in [0.05, 0.1) is 0 Å². The highest BCUT2D eigenvalue weighted by Gasteiger charge is 2.16. The number of benzene rings is 1.